The van der Waals surface area contributed by atoms with Gasteiger partial charge in [-0.2, -0.15) is 4.99 Å². The van der Waals surface area contributed by atoms with Crippen LogP contribution in [0.2, 0.25) is 0 Å². The maximum atomic E-state index is 12.3. The molecule has 1 aromatic carbocycles. The summed E-state index contributed by atoms with van der Waals surface area (Å²) in [6.07, 6.45) is 4.16. The van der Waals surface area contributed by atoms with Crippen LogP contribution in [-0.4, -0.2) is 36.1 Å². The van der Waals surface area contributed by atoms with E-state index in [0.29, 0.717) is 16.7 Å². The van der Waals surface area contributed by atoms with Crippen molar-refractivity contribution in [2.24, 2.45) is 16.5 Å². The van der Waals surface area contributed by atoms with Crippen LogP contribution in [-0.2, 0) is 9.84 Å². The van der Waals surface area contributed by atoms with Crippen LogP contribution in [0.1, 0.15) is 10.4 Å². The topological polar surface area (TPSA) is 133 Å². The summed E-state index contributed by atoms with van der Waals surface area (Å²) in [6.45, 7) is 0. The summed E-state index contributed by atoms with van der Waals surface area (Å²) in [4.78, 5) is 20.2. The van der Waals surface area contributed by atoms with Gasteiger partial charge in [-0.3, -0.25) is 9.36 Å². The van der Waals surface area contributed by atoms with Crippen LogP contribution in [0.4, 0.5) is 0 Å². The molecule has 2 heterocycles. The molecule has 3 rings (SSSR count). The normalized spacial score (nSPS) is 11.4. The molecule has 0 aliphatic rings. The van der Waals surface area contributed by atoms with Crippen molar-refractivity contribution >= 4 is 32.7 Å². The minimum Gasteiger partial charge on any atom is -0.370 e. The van der Waals surface area contributed by atoms with E-state index in [4.69, 9.17) is 11.5 Å². The van der Waals surface area contributed by atoms with E-state index < -0.39 is 15.7 Å². The van der Waals surface area contributed by atoms with Gasteiger partial charge in [0, 0.05) is 24.0 Å². The van der Waals surface area contributed by atoms with Crippen LogP contribution in [0.5, 0.6) is 0 Å². The van der Waals surface area contributed by atoms with E-state index in [0.717, 1.165) is 6.26 Å². The molecule has 4 N–H and O–H groups in total. The largest absolute Gasteiger partial charge is 0.370 e. The summed E-state index contributed by atoms with van der Waals surface area (Å²) in [5.41, 5.74) is 11.6. The lowest BCUT2D eigenvalue weighted by Crippen LogP contribution is -2.24. The molecule has 128 valence electrons. The maximum absolute atomic E-state index is 12.3. The first-order chi connectivity index (χ1) is 11.8. The molecule has 25 heavy (non-hydrogen) atoms. The standard InChI is InChI=1S/C16H15N5O3S/c1-25(23,24)13-7-3-2-6-12(13)21-9-11(15(22)20-16(17)18)10-5-4-8-19-14(10)21/h2-9H,1H3,(H4,17,18,20,22). The van der Waals surface area contributed by atoms with Gasteiger partial charge in [-0.25, -0.2) is 13.4 Å². The van der Waals surface area contributed by atoms with Crippen molar-refractivity contribution in [1.29, 1.82) is 0 Å². The second-order valence-electron chi connectivity index (χ2n) is 5.37. The highest BCUT2D eigenvalue weighted by molar-refractivity contribution is 7.90. The highest BCUT2D eigenvalue weighted by atomic mass is 32.2. The number of carbonyl (C=O) groups excluding carboxylic acids is 1. The van der Waals surface area contributed by atoms with Crippen molar-refractivity contribution in [3.05, 3.63) is 54.4 Å². The predicted molar refractivity (Wildman–Crippen MR) is 94.3 cm³/mol. The average molecular weight is 357 g/mol. The van der Waals surface area contributed by atoms with E-state index in [9.17, 15) is 13.2 Å². The number of carbonyl (C=O) groups is 1. The summed E-state index contributed by atoms with van der Waals surface area (Å²) in [7, 11) is -3.48. The Morgan fingerprint density at radius 2 is 1.88 bits per heavy atom. The molecule has 2 aromatic heterocycles. The summed E-state index contributed by atoms with van der Waals surface area (Å²) >= 11 is 0. The Labute approximate surface area is 143 Å². The molecule has 0 aliphatic heterocycles. The van der Waals surface area contributed by atoms with E-state index >= 15 is 0 Å². The molecular weight excluding hydrogens is 342 g/mol. The van der Waals surface area contributed by atoms with Gasteiger partial charge in [0.25, 0.3) is 5.91 Å². The van der Waals surface area contributed by atoms with Crippen molar-refractivity contribution in [3.8, 4) is 5.69 Å². The Balaban J connectivity index is 2.34. The molecule has 0 fully saturated rings. The Kier molecular flexibility index (Phi) is 4.01. The fraction of sp³-hybridized carbons (Fsp3) is 0.0625. The lowest BCUT2D eigenvalue weighted by Gasteiger charge is -2.09. The van der Waals surface area contributed by atoms with Crippen molar-refractivity contribution in [1.82, 2.24) is 9.55 Å². The van der Waals surface area contributed by atoms with Gasteiger partial charge in [0.15, 0.2) is 15.8 Å². The zero-order valence-corrected chi connectivity index (χ0v) is 14.1. The molecule has 0 saturated carbocycles. The van der Waals surface area contributed by atoms with E-state index in [1.165, 1.54) is 12.3 Å². The SMILES string of the molecule is CS(=O)(=O)c1ccccc1-n1cc(C(=O)N=C(N)N)c2cccnc21. The highest BCUT2D eigenvalue weighted by Gasteiger charge is 2.20. The number of guanidine groups is 1. The van der Waals surface area contributed by atoms with Gasteiger partial charge in [-0.1, -0.05) is 12.1 Å². The zero-order chi connectivity index (χ0) is 18.2. The number of nitrogens with two attached hydrogens (primary N) is 2. The van der Waals surface area contributed by atoms with Gasteiger partial charge in [-0.15, -0.1) is 0 Å². The third-order valence-electron chi connectivity index (χ3n) is 3.55. The van der Waals surface area contributed by atoms with Gasteiger partial charge in [0.1, 0.15) is 5.65 Å². The lowest BCUT2D eigenvalue weighted by atomic mass is 10.2. The molecule has 3 aromatic rings. The molecule has 0 aliphatic carbocycles. The number of hydrogen-bond donors (Lipinski definition) is 2. The number of aliphatic imine (C=N–C) groups is 1. The average Bonchev–Trinajstić information content (AvgIpc) is 2.93. The Bertz CT molecular complexity index is 1110. The molecule has 9 heteroatoms. The number of fused-ring (bicyclic) bond motifs is 1. The zero-order valence-electron chi connectivity index (χ0n) is 13.2. The first-order valence-electron chi connectivity index (χ1n) is 7.18. The number of nitrogens with zero attached hydrogens (tertiary/aromatic N) is 3. The van der Waals surface area contributed by atoms with Crippen LogP contribution < -0.4 is 11.5 Å². The Morgan fingerprint density at radius 1 is 1.16 bits per heavy atom. The lowest BCUT2D eigenvalue weighted by molar-refractivity contribution is 0.100. The smallest absolute Gasteiger partial charge is 0.282 e. The van der Waals surface area contributed by atoms with Crippen LogP contribution >= 0.6 is 0 Å². The van der Waals surface area contributed by atoms with Gasteiger partial charge < -0.3 is 11.5 Å². The van der Waals surface area contributed by atoms with Crippen molar-refractivity contribution in [2.45, 2.75) is 4.90 Å². The van der Waals surface area contributed by atoms with Crippen molar-refractivity contribution in [3.63, 3.8) is 0 Å². The molecular formula is C16H15N5O3S. The fourth-order valence-corrected chi connectivity index (χ4v) is 3.43. The number of benzene rings is 1. The number of pyridine rings is 1. The quantitative estimate of drug-likeness (QED) is 0.527. The molecule has 0 radical (unpaired) electrons. The third kappa shape index (κ3) is 3.09. The first kappa shape index (κ1) is 16.7. The van der Waals surface area contributed by atoms with E-state index in [2.05, 4.69) is 9.98 Å². The van der Waals surface area contributed by atoms with Gasteiger partial charge >= 0.3 is 0 Å². The molecule has 0 bridgehead atoms. The number of hydrogen-bond acceptors (Lipinski definition) is 4. The minimum absolute atomic E-state index is 0.124. The van der Waals surface area contributed by atoms with E-state index in [1.807, 2.05) is 0 Å². The molecule has 0 atom stereocenters. The number of sulfone groups is 1. The second kappa shape index (κ2) is 6.02. The van der Waals surface area contributed by atoms with Crippen molar-refractivity contribution in [2.75, 3.05) is 6.26 Å². The number of rotatable bonds is 3. The summed E-state index contributed by atoms with van der Waals surface area (Å²) in [5, 5.41) is 0.515. The van der Waals surface area contributed by atoms with E-state index in [-0.39, 0.29) is 16.4 Å². The third-order valence-corrected chi connectivity index (χ3v) is 4.69. The van der Waals surface area contributed by atoms with Crippen molar-refractivity contribution < 1.29 is 13.2 Å². The number of para-hydroxylation sites is 1. The highest BCUT2D eigenvalue weighted by Crippen LogP contribution is 2.27. The maximum Gasteiger partial charge on any atom is 0.282 e. The van der Waals surface area contributed by atoms with Gasteiger partial charge in [0.05, 0.1) is 16.1 Å². The minimum atomic E-state index is -3.48. The van der Waals surface area contributed by atoms with Crippen LogP contribution in [0.15, 0.2) is 58.7 Å². The fourth-order valence-electron chi connectivity index (χ4n) is 2.56. The molecule has 0 saturated heterocycles. The summed E-state index contributed by atoms with van der Waals surface area (Å²) in [6, 6.07) is 9.83. The monoisotopic (exact) mass is 357 g/mol. The Morgan fingerprint density at radius 3 is 2.56 bits per heavy atom. The van der Waals surface area contributed by atoms with Gasteiger partial charge in [0.2, 0.25) is 0 Å². The van der Waals surface area contributed by atoms with Crippen LogP contribution in [0, 0.1) is 0 Å². The molecule has 0 spiro atoms. The van der Waals surface area contributed by atoms with Crippen LogP contribution in [0.25, 0.3) is 16.7 Å². The number of amides is 1. The van der Waals surface area contributed by atoms with Crippen LogP contribution in [0.3, 0.4) is 0 Å². The molecule has 8 nitrogen and oxygen atoms in total. The van der Waals surface area contributed by atoms with E-state index in [1.54, 1.807) is 41.1 Å². The molecule has 0 unspecified atom stereocenters. The van der Waals surface area contributed by atoms with Gasteiger partial charge in [-0.05, 0) is 24.3 Å². The summed E-state index contributed by atoms with van der Waals surface area (Å²) in [5.74, 6) is -0.986. The second-order valence-corrected chi connectivity index (χ2v) is 7.35. The molecule has 1 amide bonds. The Hall–Kier alpha value is -3.20. The number of aromatic nitrogens is 2. The summed E-state index contributed by atoms with van der Waals surface area (Å²) < 4.78 is 25.7. The first-order valence-corrected chi connectivity index (χ1v) is 9.07. The predicted octanol–water partition coefficient (Wildman–Crippen LogP) is 0.843.